The third-order valence-corrected chi connectivity index (χ3v) is 13.0. The van der Waals surface area contributed by atoms with E-state index in [1.54, 1.807) is 0 Å². The SMILES string of the molecule is CC/C=C\C/C=C\C/C=C\C/C=C\C/C=C\CCCCCCCCCCCCCCCCCCCCCCCCCC(=O)NC(COP(=O)(O)OCC[N+](C)(C)C)C(O)CCCCCC. The first-order valence-corrected chi connectivity index (χ1v) is 28.6. The molecule has 0 bridgehead atoms. The average molecular weight is 934 g/mol. The van der Waals surface area contributed by atoms with E-state index in [0.717, 1.165) is 77.0 Å². The Morgan fingerprint density at radius 1 is 0.538 bits per heavy atom. The van der Waals surface area contributed by atoms with Crippen molar-refractivity contribution in [2.75, 3.05) is 40.9 Å². The molecule has 0 fully saturated rings. The fraction of sp³-hybridized carbons (Fsp3) is 0.804. The second kappa shape index (κ2) is 47.3. The number of rotatable bonds is 49. The second-order valence-electron chi connectivity index (χ2n) is 19.6. The number of amides is 1. The third-order valence-electron chi connectivity index (χ3n) is 12.0. The lowest BCUT2D eigenvalue weighted by Gasteiger charge is -2.26. The molecule has 8 nitrogen and oxygen atoms in total. The van der Waals surface area contributed by atoms with Crippen LogP contribution in [0, 0.1) is 0 Å². The Labute approximate surface area is 402 Å². The van der Waals surface area contributed by atoms with Gasteiger partial charge in [-0.25, -0.2) is 4.57 Å². The maximum atomic E-state index is 12.8. The minimum absolute atomic E-state index is 0.0739. The van der Waals surface area contributed by atoms with Crippen molar-refractivity contribution in [1.29, 1.82) is 0 Å². The predicted molar refractivity (Wildman–Crippen MR) is 281 cm³/mol. The lowest BCUT2D eigenvalue weighted by Crippen LogP contribution is -2.46. The molecule has 3 unspecified atom stereocenters. The van der Waals surface area contributed by atoms with E-state index in [1.807, 2.05) is 21.1 Å². The lowest BCUT2D eigenvalue weighted by molar-refractivity contribution is -0.870. The van der Waals surface area contributed by atoms with Gasteiger partial charge < -0.3 is 19.8 Å². The highest BCUT2D eigenvalue weighted by molar-refractivity contribution is 7.47. The Morgan fingerprint density at radius 3 is 1.34 bits per heavy atom. The number of nitrogens with zero attached hydrogens (tertiary/aromatic N) is 1. The van der Waals surface area contributed by atoms with Gasteiger partial charge in [-0.05, 0) is 57.8 Å². The van der Waals surface area contributed by atoms with Gasteiger partial charge >= 0.3 is 7.82 Å². The van der Waals surface area contributed by atoms with Gasteiger partial charge in [0, 0.05) is 6.42 Å². The molecule has 0 heterocycles. The first-order chi connectivity index (χ1) is 31.5. The van der Waals surface area contributed by atoms with Crippen LogP contribution in [0.4, 0.5) is 0 Å². The first kappa shape index (κ1) is 63.2. The fourth-order valence-corrected chi connectivity index (χ4v) is 8.52. The van der Waals surface area contributed by atoms with Crippen LogP contribution in [-0.4, -0.2) is 73.4 Å². The number of aliphatic hydroxyl groups is 1. The number of phosphoric ester groups is 1. The molecule has 380 valence electrons. The zero-order valence-electron chi connectivity index (χ0n) is 43.2. The minimum Gasteiger partial charge on any atom is -0.391 e. The number of carbonyl (C=O) groups is 1. The highest BCUT2D eigenvalue weighted by atomic mass is 31.2. The number of carbonyl (C=O) groups excluding carboxylic acids is 1. The van der Waals surface area contributed by atoms with Crippen molar-refractivity contribution < 1.29 is 32.9 Å². The molecule has 3 N–H and O–H groups in total. The second-order valence-corrected chi connectivity index (χ2v) is 21.0. The quantitative estimate of drug-likeness (QED) is 0.0243. The van der Waals surface area contributed by atoms with Crippen molar-refractivity contribution in [2.45, 2.75) is 251 Å². The van der Waals surface area contributed by atoms with Gasteiger partial charge in [0.2, 0.25) is 5.91 Å². The molecule has 1 amide bonds. The van der Waals surface area contributed by atoms with Crippen molar-refractivity contribution in [3.8, 4) is 0 Å². The first-order valence-electron chi connectivity index (χ1n) is 27.2. The number of unbranched alkanes of at least 4 members (excludes halogenated alkanes) is 26. The van der Waals surface area contributed by atoms with Gasteiger partial charge in [-0.2, -0.15) is 0 Å². The molecule has 0 rings (SSSR count). The molecule has 3 atom stereocenters. The summed E-state index contributed by atoms with van der Waals surface area (Å²) in [6.45, 7) is 4.66. The summed E-state index contributed by atoms with van der Waals surface area (Å²) in [5.74, 6) is -0.151. The van der Waals surface area contributed by atoms with Crippen molar-refractivity contribution in [1.82, 2.24) is 5.32 Å². The van der Waals surface area contributed by atoms with E-state index in [0.29, 0.717) is 23.9 Å². The van der Waals surface area contributed by atoms with Crippen LogP contribution in [0.3, 0.4) is 0 Å². The molecule has 0 aromatic heterocycles. The molecular weight excluding hydrogens is 828 g/mol. The summed E-state index contributed by atoms with van der Waals surface area (Å²) in [5.41, 5.74) is 0. The molecule has 0 saturated carbocycles. The van der Waals surface area contributed by atoms with Crippen molar-refractivity contribution >= 4 is 13.7 Å². The zero-order valence-corrected chi connectivity index (χ0v) is 44.1. The van der Waals surface area contributed by atoms with Crippen LogP contribution < -0.4 is 5.32 Å². The summed E-state index contributed by atoms with van der Waals surface area (Å²) in [5, 5.41) is 13.7. The van der Waals surface area contributed by atoms with Crippen LogP contribution in [0.5, 0.6) is 0 Å². The molecule has 0 saturated heterocycles. The molecular formula is C56H106N2O6P+. The molecule has 0 spiro atoms. The van der Waals surface area contributed by atoms with Crippen molar-refractivity contribution in [2.24, 2.45) is 0 Å². The van der Waals surface area contributed by atoms with Crippen LogP contribution in [0.1, 0.15) is 239 Å². The topological polar surface area (TPSA) is 105 Å². The van der Waals surface area contributed by atoms with E-state index in [-0.39, 0.29) is 19.1 Å². The predicted octanol–water partition coefficient (Wildman–Crippen LogP) is 16.1. The summed E-state index contributed by atoms with van der Waals surface area (Å²) in [7, 11) is 1.61. The Bertz CT molecular complexity index is 1240. The Balaban J connectivity index is 3.67. The lowest BCUT2D eigenvalue weighted by atomic mass is 10.0. The molecule has 0 radical (unpaired) electrons. The van der Waals surface area contributed by atoms with E-state index in [4.69, 9.17) is 9.05 Å². The number of aliphatic hydroxyl groups excluding tert-OH is 1. The maximum Gasteiger partial charge on any atom is 0.472 e. The third kappa shape index (κ3) is 49.9. The Hall–Kier alpha value is -1.80. The molecule has 0 aliphatic carbocycles. The van der Waals surface area contributed by atoms with Gasteiger partial charge in [-0.3, -0.25) is 13.8 Å². The summed E-state index contributed by atoms with van der Waals surface area (Å²) < 4.78 is 23.4. The zero-order chi connectivity index (χ0) is 47.8. The molecule has 0 aliphatic rings. The summed E-state index contributed by atoms with van der Waals surface area (Å²) in [6, 6.07) is -0.755. The number of likely N-dealkylation sites (N-methyl/N-ethyl adjacent to an activating group) is 1. The minimum atomic E-state index is -4.30. The van der Waals surface area contributed by atoms with E-state index in [1.165, 1.54) is 135 Å². The Morgan fingerprint density at radius 2 is 0.923 bits per heavy atom. The smallest absolute Gasteiger partial charge is 0.391 e. The Kier molecular flexibility index (Phi) is 46.0. The van der Waals surface area contributed by atoms with Crippen LogP contribution >= 0.6 is 7.82 Å². The number of hydrogen-bond donors (Lipinski definition) is 3. The van der Waals surface area contributed by atoms with Gasteiger partial charge in [-0.1, -0.05) is 235 Å². The maximum absolute atomic E-state index is 12.8. The molecule has 9 heteroatoms. The highest BCUT2D eigenvalue weighted by Gasteiger charge is 2.28. The van der Waals surface area contributed by atoms with Crippen molar-refractivity contribution in [3.63, 3.8) is 0 Å². The van der Waals surface area contributed by atoms with Gasteiger partial charge in [0.15, 0.2) is 0 Å². The van der Waals surface area contributed by atoms with E-state index in [2.05, 4.69) is 79.9 Å². The number of hydrogen-bond acceptors (Lipinski definition) is 5. The number of allylic oxidation sites excluding steroid dienone is 10. The van der Waals surface area contributed by atoms with Crippen LogP contribution in [0.2, 0.25) is 0 Å². The number of quaternary nitrogens is 1. The fourth-order valence-electron chi connectivity index (χ4n) is 7.78. The standard InChI is InChI=1S/C56H105N2O6P/c1-6-8-10-12-13-14-15-16-17-18-19-20-21-22-23-24-25-26-27-28-29-30-31-32-33-34-35-36-37-38-39-40-41-42-43-44-45-46-48-50-56(60)57-54(55(59)49-47-11-9-7-2)53-64-65(61,62)63-52-51-58(3,4)5/h8,10,13-14,16-17,19-20,22-23,54-55,59H,6-7,9,11-12,15,18,21,24-53H2,1-5H3,(H-,57,60,61,62)/p+1/b10-8-,14-13-,17-16-,20-19-,23-22-. The normalized spacial score (nSPS) is 14.5. The van der Waals surface area contributed by atoms with Gasteiger partial charge in [0.25, 0.3) is 0 Å². The number of phosphoric acid groups is 1. The average Bonchev–Trinajstić information content (AvgIpc) is 3.26. The highest BCUT2D eigenvalue weighted by Crippen LogP contribution is 2.43. The van der Waals surface area contributed by atoms with Crippen molar-refractivity contribution in [3.05, 3.63) is 60.8 Å². The van der Waals surface area contributed by atoms with Crippen LogP contribution in [-0.2, 0) is 18.4 Å². The molecule has 0 aliphatic heterocycles. The monoisotopic (exact) mass is 934 g/mol. The van der Waals surface area contributed by atoms with E-state index >= 15 is 0 Å². The van der Waals surface area contributed by atoms with E-state index < -0.39 is 20.0 Å². The number of nitrogens with one attached hydrogen (secondary N) is 1. The molecule has 0 aromatic rings. The van der Waals surface area contributed by atoms with Crippen LogP contribution in [0.25, 0.3) is 0 Å². The van der Waals surface area contributed by atoms with Gasteiger partial charge in [0.05, 0.1) is 39.9 Å². The van der Waals surface area contributed by atoms with Gasteiger partial charge in [0.1, 0.15) is 13.2 Å². The largest absolute Gasteiger partial charge is 0.472 e. The molecule has 65 heavy (non-hydrogen) atoms. The van der Waals surface area contributed by atoms with Gasteiger partial charge in [-0.15, -0.1) is 0 Å². The summed E-state index contributed by atoms with van der Waals surface area (Å²) in [4.78, 5) is 23.0. The summed E-state index contributed by atoms with van der Waals surface area (Å²) in [6.07, 6.45) is 63.7. The molecule has 0 aromatic carbocycles. The van der Waals surface area contributed by atoms with Crippen LogP contribution in [0.15, 0.2) is 60.8 Å². The summed E-state index contributed by atoms with van der Waals surface area (Å²) >= 11 is 0. The van der Waals surface area contributed by atoms with E-state index in [9.17, 15) is 19.4 Å².